The Labute approximate surface area is 133 Å². The van der Waals surface area contributed by atoms with Crippen molar-refractivity contribution in [1.29, 1.82) is 0 Å². The Hall–Kier alpha value is -2.40. The zero-order valence-electron chi connectivity index (χ0n) is 12.0. The number of furan rings is 1. The molecular formula is C17H15FN2OS. The second-order valence-electron chi connectivity index (χ2n) is 5.01. The summed E-state index contributed by atoms with van der Waals surface area (Å²) in [5, 5.41) is 7.69. The number of rotatable bonds is 3. The molecule has 22 heavy (non-hydrogen) atoms. The molecule has 0 saturated heterocycles. The van der Waals surface area contributed by atoms with E-state index in [1.807, 2.05) is 37.3 Å². The number of nitrogens with one attached hydrogen (secondary N) is 2. The van der Waals surface area contributed by atoms with Crippen LogP contribution in [-0.4, -0.2) is 5.11 Å². The molecule has 0 bridgehead atoms. The normalized spacial score (nSPS) is 12.1. The van der Waals surface area contributed by atoms with Crippen molar-refractivity contribution in [2.24, 2.45) is 0 Å². The van der Waals surface area contributed by atoms with Gasteiger partial charge >= 0.3 is 0 Å². The van der Waals surface area contributed by atoms with E-state index < -0.39 is 0 Å². The fraction of sp³-hybridized carbons (Fsp3) is 0.118. The van der Waals surface area contributed by atoms with Crippen molar-refractivity contribution >= 4 is 34.0 Å². The molecule has 0 amide bonds. The Bertz CT molecular complexity index is 765. The first-order valence-corrected chi connectivity index (χ1v) is 7.34. The standard InChI is InChI=1S/C17H15FN2OS/c1-11(16-10-12-4-2-3-5-15(12)21-16)19-17(22)20-14-8-6-13(18)7-9-14/h2-11H,1H3,(H2,19,20,22)/t11-/m1/s1. The first kappa shape index (κ1) is 14.5. The van der Waals surface area contributed by atoms with Crippen LogP contribution in [0.2, 0.25) is 0 Å². The second kappa shape index (κ2) is 6.15. The third kappa shape index (κ3) is 3.26. The van der Waals surface area contributed by atoms with Crippen LogP contribution in [0.4, 0.5) is 10.1 Å². The monoisotopic (exact) mass is 314 g/mol. The highest BCUT2D eigenvalue weighted by Gasteiger charge is 2.12. The summed E-state index contributed by atoms with van der Waals surface area (Å²) in [6.45, 7) is 1.97. The zero-order valence-corrected chi connectivity index (χ0v) is 12.8. The molecule has 0 unspecified atom stereocenters. The molecule has 2 aromatic carbocycles. The number of benzene rings is 2. The molecule has 0 saturated carbocycles. The summed E-state index contributed by atoms with van der Waals surface area (Å²) in [7, 11) is 0. The third-order valence-electron chi connectivity index (χ3n) is 3.32. The third-order valence-corrected chi connectivity index (χ3v) is 3.54. The van der Waals surface area contributed by atoms with Crippen molar-refractivity contribution in [3.8, 4) is 0 Å². The van der Waals surface area contributed by atoms with Crippen LogP contribution in [0.15, 0.2) is 59.0 Å². The van der Waals surface area contributed by atoms with Gasteiger partial charge in [0.1, 0.15) is 17.2 Å². The van der Waals surface area contributed by atoms with Gasteiger partial charge in [-0.25, -0.2) is 4.39 Å². The Kier molecular flexibility index (Phi) is 4.06. The fourth-order valence-electron chi connectivity index (χ4n) is 2.18. The van der Waals surface area contributed by atoms with Gasteiger partial charge in [0.25, 0.3) is 0 Å². The molecule has 1 aromatic heterocycles. The highest BCUT2D eigenvalue weighted by atomic mass is 32.1. The van der Waals surface area contributed by atoms with Gasteiger partial charge in [0, 0.05) is 11.1 Å². The lowest BCUT2D eigenvalue weighted by molar-refractivity contribution is 0.493. The van der Waals surface area contributed by atoms with Crippen LogP contribution in [0.3, 0.4) is 0 Å². The van der Waals surface area contributed by atoms with Crippen molar-refractivity contribution < 1.29 is 8.81 Å². The molecule has 0 fully saturated rings. The largest absolute Gasteiger partial charge is 0.459 e. The van der Waals surface area contributed by atoms with E-state index in [2.05, 4.69) is 10.6 Å². The van der Waals surface area contributed by atoms with E-state index in [9.17, 15) is 4.39 Å². The van der Waals surface area contributed by atoms with Crippen molar-refractivity contribution in [2.45, 2.75) is 13.0 Å². The van der Waals surface area contributed by atoms with Crippen molar-refractivity contribution in [2.75, 3.05) is 5.32 Å². The van der Waals surface area contributed by atoms with Crippen molar-refractivity contribution in [1.82, 2.24) is 5.32 Å². The molecule has 3 aromatic rings. The predicted octanol–water partition coefficient (Wildman–Crippen LogP) is 4.62. The SMILES string of the molecule is C[C@@H](NC(=S)Nc1ccc(F)cc1)c1cc2ccccc2o1. The summed E-state index contributed by atoms with van der Waals surface area (Å²) >= 11 is 5.27. The number of hydrogen-bond donors (Lipinski definition) is 2. The van der Waals surface area contributed by atoms with E-state index in [1.165, 1.54) is 12.1 Å². The molecule has 1 atom stereocenters. The molecule has 0 aliphatic carbocycles. The van der Waals surface area contributed by atoms with E-state index in [1.54, 1.807) is 12.1 Å². The summed E-state index contributed by atoms with van der Waals surface area (Å²) in [6, 6.07) is 15.8. The van der Waals surface area contributed by atoms with Gasteiger partial charge in [-0.1, -0.05) is 18.2 Å². The molecule has 5 heteroatoms. The maximum atomic E-state index is 12.9. The zero-order chi connectivity index (χ0) is 15.5. The van der Waals surface area contributed by atoms with Crippen LogP contribution in [-0.2, 0) is 0 Å². The molecule has 3 nitrogen and oxygen atoms in total. The summed E-state index contributed by atoms with van der Waals surface area (Å²) in [4.78, 5) is 0. The van der Waals surface area contributed by atoms with E-state index in [-0.39, 0.29) is 11.9 Å². The molecule has 0 aliphatic heterocycles. The van der Waals surface area contributed by atoms with Gasteiger partial charge in [-0.15, -0.1) is 0 Å². The van der Waals surface area contributed by atoms with Crippen molar-refractivity contribution in [3.63, 3.8) is 0 Å². The first-order chi connectivity index (χ1) is 10.6. The molecule has 3 rings (SSSR count). The lowest BCUT2D eigenvalue weighted by Gasteiger charge is -2.15. The van der Waals surface area contributed by atoms with Gasteiger partial charge < -0.3 is 15.1 Å². The van der Waals surface area contributed by atoms with Crippen LogP contribution in [0.5, 0.6) is 0 Å². The summed E-state index contributed by atoms with van der Waals surface area (Å²) < 4.78 is 18.7. The van der Waals surface area contributed by atoms with Gasteiger partial charge in [0.05, 0.1) is 6.04 Å². The Balaban J connectivity index is 1.66. The predicted molar refractivity (Wildman–Crippen MR) is 90.4 cm³/mol. The molecule has 112 valence electrons. The lowest BCUT2D eigenvalue weighted by Crippen LogP contribution is -2.30. The van der Waals surface area contributed by atoms with Crippen molar-refractivity contribution in [3.05, 3.63) is 66.2 Å². The number of anilines is 1. The van der Waals surface area contributed by atoms with E-state index in [0.29, 0.717) is 5.11 Å². The fourth-order valence-corrected chi connectivity index (χ4v) is 2.48. The average molecular weight is 314 g/mol. The minimum Gasteiger partial charge on any atom is -0.459 e. The lowest BCUT2D eigenvalue weighted by atomic mass is 10.2. The minimum atomic E-state index is -0.278. The van der Waals surface area contributed by atoms with E-state index >= 15 is 0 Å². The van der Waals surface area contributed by atoms with Crippen LogP contribution in [0.1, 0.15) is 18.7 Å². The van der Waals surface area contributed by atoms with Gasteiger partial charge in [-0.05, 0) is 55.5 Å². The maximum absolute atomic E-state index is 12.9. The molecular weight excluding hydrogens is 299 g/mol. The Morgan fingerprint density at radius 3 is 2.59 bits per heavy atom. The van der Waals surface area contributed by atoms with Crippen LogP contribution in [0, 0.1) is 5.82 Å². The smallest absolute Gasteiger partial charge is 0.171 e. The van der Waals surface area contributed by atoms with Gasteiger partial charge in [0.2, 0.25) is 0 Å². The molecule has 0 aliphatic rings. The molecule has 2 N–H and O–H groups in total. The number of para-hydroxylation sites is 1. The molecule has 0 spiro atoms. The van der Waals surface area contributed by atoms with Crippen LogP contribution < -0.4 is 10.6 Å². The Morgan fingerprint density at radius 1 is 1.14 bits per heavy atom. The number of thiocarbonyl (C=S) groups is 1. The van der Waals surface area contributed by atoms with Crippen LogP contribution in [0.25, 0.3) is 11.0 Å². The van der Waals surface area contributed by atoms with Gasteiger partial charge in [-0.3, -0.25) is 0 Å². The summed E-state index contributed by atoms with van der Waals surface area (Å²) in [5.41, 5.74) is 1.58. The van der Waals surface area contributed by atoms with E-state index in [0.717, 1.165) is 22.4 Å². The maximum Gasteiger partial charge on any atom is 0.171 e. The number of fused-ring (bicyclic) bond motifs is 1. The number of halogens is 1. The second-order valence-corrected chi connectivity index (χ2v) is 5.42. The summed E-state index contributed by atoms with van der Waals surface area (Å²) in [6.07, 6.45) is 0. The van der Waals surface area contributed by atoms with Gasteiger partial charge in [0.15, 0.2) is 5.11 Å². The first-order valence-electron chi connectivity index (χ1n) is 6.93. The minimum absolute atomic E-state index is 0.0761. The molecule has 0 radical (unpaired) electrons. The summed E-state index contributed by atoms with van der Waals surface area (Å²) in [5.74, 6) is 0.532. The Morgan fingerprint density at radius 2 is 1.86 bits per heavy atom. The number of hydrogen-bond acceptors (Lipinski definition) is 2. The molecule has 1 heterocycles. The van der Waals surface area contributed by atoms with E-state index in [4.69, 9.17) is 16.6 Å². The highest BCUT2D eigenvalue weighted by molar-refractivity contribution is 7.80. The topological polar surface area (TPSA) is 37.2 Å². The average Bonchev–Trinajstić information content (AvgIpc) is 2.93. The van der Waals surface area contributed by atoms with Crippen LogP contribution >= 0.6 is 12.2 Å². The van der Waals surface area contributed by atoms with Gasteiger partial charge in [-0.2, -0.15) is 0 Å². The quantitative estimate of drug-likeness (QED) is 0.692. The highest BCUT2D eigenvalue weighted by Crippen LogP contribution is 2.23.